The highest BCUT2D eigenvalue weighted by atomic mass is 35.5. The van der Waals surface area contributed by atoms with Crippen molar-refractivity contribution in [1.82, 2.24) is 13.9 Å². The van der Waals surface area contributed by atoms with E-state index in [1.165, 1.54) is 4.31 Å². The van der Waals surface area contributed by atoms with Crippen LogP contribution in [-0.4, -0.2) is 40.7 Å². The lowest BCUT2D eigenvalue weighted by Gasteiger charge is -2.19. The molecular formula is C10H16ClN3O2S. The molecule has 0 N–H and O–H groups in total. The Labute approximate surface area is 106 Å². The Kier molecular flexibility index (Phi) is 3.47. The molecular weight excluding hydrogens is 262 g/mol. The number of hydrogen-bond donors (Lipinski definition) is 0. The normalized spacial score (nSPS) is 16.7. The Morgan fingerprint density at radius 1 is 1.59 bits per heavy atom. The minimum Gasteiger partial charge on any atom is -0.337 e. The molecule has 0 spiro atoms. The van der Waals surface area contributed by atoms with Crippen LogP contribution < -0.4 is 0 Å². The summed E-state index contributed by atoms with van der Waals surface area (Å²) in [6, 6.07) is 0.112. The average Bonchev–Trinajstić information content (AvgIpc) is 3.03. The Bertz CT molecular complexity index is 488. The van der Waals surface area contributed by atoms with Crippen LogP contribution in [0.1, 0.15) is 18.7 Å². The van der Waals surface area contributed by atoms with E-state index in [9.17, 15) is 8.42 Å². The molecule has 0 bridgehead atoms. The quantitative estimate of drug-likeness (QED) is 0.758. The molecule has 1 fully saturated rings. The van der Waals surface area contributed by atoms with E-state index in [4.69, 9.17) is 11.6 Å². The van der Waals surface area contributed by atoms with Gasteiger partial charge >= 0.3 is 0 Å². The number of hydrogen-bond acceptors (Lipinski definition) is 3. The molecule has 0 aliphatic heterocycles. The number of halogens is 1. The van der Waals surface area contributed by atoms with Crippen molar-refractivity contribution in [1.29, 1.82) is 0 Å². The van der Waals surface area contributed by atoms with Crippen LogP contribution in [0.25, 0.3) is 0 Å². The Morgan fingerprint density at radius 3 is 2.65 bits per heavy atom. The van der Waals surface area contributed by atoms with E-state index in [2.05, 4.69) is 4.98 Å². The van der Waals surface area contributed by atoms with Gasteiger partial charge in [-0.2, -0.15) is 4.31 Å². The summed E-state index contributed by atoms with van der Waals surface area (Å²) in [5, 5.41) is 0.120. The van der Waals surface area contributed by atoms with E-state index in [-0.39, 0.29) is 11.1 Å². The SMILES string of the molecule is Cc1nc(S(=O)(=O)N(CCCl)C2CC2)cn1C. The van der Waals surface area contributed by atoms with Crippen LogP contribution in [0.2, 0.25) is 0 Å². The van der Waals surface area contributed by atoms with Crippen molar-refractivity contribution >= 4 is 21.6 Å². The highest BCUT2D eigenvalue weighted by molar-refractivity contribution is 7.89. The van der Waals surface area contributed by atoms with Gasteiger partial charge in [0.05, 0.1) is 0 Å². The first-order chi connectivity index (χ1) is 7.96. The van der Waals surface area contributed by atoms with Gasteiger partial charge in [-0.25, -0.2) is 13.4 Å². The van der Waals surface area contributed by atoms with Crippen LogP contribution in [0, 0.1) is 6.92 Å². The van der Waals surface area contributed by atoms with Crippen molar-refractivity contribution in [2.45, 2.75) is 30.8 Å². The second kappa shape index (κ2) is 4.59. The summed E-state index contributed by atoms with van der Waals surface area (Å²) in [6.45, 7) is 2.13. The number of aromatic nitrogens is 2. The third-order valence-corrected chi connectivity index (χ3v) is 4.91. The van der Waals surface area contributed by atoms with Crippen molar-refractivity contribution < 1.29 is 8.42 Å². The van der Waals surface area contributed by atoms with Gasteiger partial charge in [0.15, 0.2) is 5.03 Å². The molecule has 0 unspecified atom stereocenters. The van der Waals surface area contributed by atoms with Crippen LogP contribution in [0.15, 0.2) is 11.2 Å². The van der Waals surface area contributed by atoms with Crippen molar-refractivity contribution in [3.63, 3.8) is 0 Å². The van der Waals surface area contributed by atoms with E-state index in [1.54, 1.807) is 24.7 Å². The molecule has 1 aromatic heterocycles. The molecule has 96 valence electrons. The molecule has 1 aromatic rings. The monoisotopic (exact) mass is 277 g/mol. The summed E-state index contributed by atoms with van der Waals surface area (Å²) >= 11 is 5.67. The van der Waals surface area contributed by atoms with Crippen molar-refractivity contribution in [2.24, 2.45) is 7.05 Å². The molecule has 17 heavy (non-hydrogen) atoms. The minimum absolute atomic E-state index is 0.112. The summed E-state index contributed by atoms with van der Waals surface area (Å²) in [7, 11) is -1.70. The fraction of sp³-hybridized carbons (Fsp3) is 0.700. The Hall–Kier alpha value is -0.590. The van der Waals surface area contributed by atoms with Gasteiger partial charge in [-0.15, -0.1) is 11.6 Å². The van der Waals surface area contributed by atoms with Crippen molar-refractivity contribution in [2.75, 3.05) is 12.4 Å². The predicted octanol–water partition coefficient (Wildman–Crippen LogP) is 1.12. The first-order valence-electron chi connectivity index (χ1n) is 5.54. The zero-order valence-electron chi connectivity index (χ0n) is 9.93. The van der Waals surface area contributed by atoms with Gasteiger partial charge < -0.3 is 4.57 Å². The predicted molar refractivity (Wildman–Crippen MR) is 65.6 cm³/mol. The summed E-state index contributed by atoms with van der Waals surface area (Å²) < 4.78 is 27.9. The van der Waals surface area contributed by atoms with Gasteiger partial charge in [0, 0.05) is 31.7 Å². The van der Waals surface area contributed by atoms with E-state index >= 15 is 0 Å². The number of imidazole rings is 1. The van der Waals surface area contributed by atoms with E-state index in [0.717, 1.165) is 12.8 Å². The third kappa shape index (κ3) is 2.48. The van der Waals surface area contributed by atoms with Crippen molar-refractivity contribution in [3.05, 3.63) is 12.0 Å². The second-order valence-corrected chi connectivity index (χ2v) is 6.49. The average molecular weight is 278 g/mol. The molecule has 0 aromatic carbocycles. The molecule has 1 saturated carbocycles. The van der Waals surface area contributed by atoms with Crippen LogP contribution >= 0.6 is 11.6 Å². The second-order valence-electron chi connectivity index (χ2n) is 4.27. The molecule has 2 rings (SSSR count). The van der Waals surface area contributed by atoms with Crippen molar-refractivity contribution in [3.8, 4) is 0 Å². The number of aryl methyl sites for hydroxylation is 2. The standard InChI is InChI=1S/C10H16ClN3O2S/c1-8-12-10(7-13(8)2)17(15,16)14(6-5-11)9-3-4-9/h7,9H,3-6H2,1-2H3. The molecule has 0 saturated heterocycles. The van der Waals surface area contributed by atoms with Gasteiger partial charge in [0.2, 0.25) is 0 Å². The molecule has 5 nitrogen and oxygen atoms in total. The zero-order valence-corrected chi connectivity index (χ0v) is 11.5. The number of rotatable bonds is 5. The number of alkyl halides is 1. The van der Waals surface area contributed by atoms with Crippen LogP contribution in [0.5, 0.6) is 0 Å². The van der Waals surface area contributed by atoms with Crippen LogP contribution in [0.3, 0.4) is 0 Å². The Morgan fingerprint density at radius 2 is 2.24 bits per heavy atom. The fourth-order valence-corrected chi connectivity index (χ4v) is 3.71. The number of nitrogens with zero attached hydrogens (tertiary/aromatic N) is 3. The number of sulfonamides is 1. The summed E-state index contributed by atoms with van der Waals surface area (Å²) in [5.74, 6) is 0.992. The van der Waals surface area contributed by atoms with E-state index in [0.29, 0.717) is 18.2 Å². The maximum atomic E-state index is 12.4. The van der Waals surface area contributed by atoms with Crippen LogP contribution in [0.4, 0.5) is 0 Å². The molecule has 0 radical (unpaired) electrons. The smallest absolute Gasteiger partial charge is 0.262 e. The summed E-state index contributed by atoms with van der Waals surface area (Å²) in [4.78, 5) is 4.09. The minimum atomic E-state index is -3.48. The molecule has 1 aliphatic rings. The van der Waals surface area contributed by atoms with E-state index < -0.39 is 10.0 Å². The molecule has 0 atom stereocenters. The molecule has 1 heterocycles. The topological polar surface area (TPSA) is 55.2 Å². The largest absolute Gasteiger partial charge is 0.337 e. The third-order valence-electron chi connectivity index (χ3n) is 2.92. The molecule has 1 aliphatic carbocycles. The zero-order chi connectivity index (χ0) is 12.6. The fourth-order valence-electron chi connectivity index (χ4n) is 1.72. The van der Waals surface area contributed by atoms with Gasteiger partial charge in [-0.05, 0) is 19.8 Å². The van der Waals surface area contributed by atoms with Crippen LogP contribution in [-0.2, 0) is 17.1 Å². The molecule has 0 amide bonds. The summed E-state index contributed by atoms with van der Waals surface area (Å²) in [6.07, 6.45) is 3.39. The van der Waals surface area contributed by atoms with Gasteiger partial charge in [-0.1, -0.05) is 0 Å². The lowest BCUT2D eigenvalue weighted by molar-refractivity contribution is 0.420. The van der Waals surface area contributed by atoms with E-state index in [1.807, 2.05) is 0 Å². The first kappa shape index (κ1) is 12.9. The van der Waals surface area contributed by atoms with Gasteiger partial charge in [0.25, 0.3) is 10.0 Å². The summed E-state index contributed by atoms with van der Waals surface area (Å²) in [5.41, 5.74) is 0. The highest BCUT2D eigenvalue weighted by Gasteiger charge is 2.38. The first-order valence-corrected chi connectivity index (χ1v) is 7.52. The highest BCUT2D eigenvalue weighted by Crippen LogP contribution is 2.31. The maximum Gasteiger partial charge on any atom is 0.262 e. The lowest BCUT2D eigenvalue weighted by atomic mass is 10.6. The Balaban J connectivity index is 2.33. The molecule has 7 heteroatoms. The lowest BCUT2D eigenvalue weighted by Crippen LogP contribution is -2.35. The van der Waals surface area contributed by atoms with Gasteiger partial charge in [-0.3, -0.25) is 0 Å². The maximum absolute atomic E-state index is 12.4. The van der Waals surface area contributed by atoms with Gasteiger partial charge in [0.1, 0.15) is 5.82 Å².